The SMILES string of the molecule is NS(=O)(=O)c1cccc(OC(F)(F)F)n1. The summed E-state index contributed by atoms with van der Waals surface area (Å²) in [5.41, 5.74) is 0. The third-order valence-electron chi connectivity index (χ3n) is 1.21. The lowest BCUT2D eigenvalue weighted by atomic mass is 10.5. The van der Waals surface area contributed by atoms with Crippen molar-refractivity contribution in [3.05, 3.63) is 18.2 Å². The number of nitrogens with zero attached hydrogens (tertiary/aromatic N) is 1. The molecule has 0 fully saturated rings. The molecule has 0 bridgehead atoms. The first-order valence-electron chi connectivity index (χ1n) is 3.44. The molecule has 9 heteroatoms. The Morgan fingerprint density at radius 1 is 1.33 bits per heavy atom. The standard InChI is InChI=1S/C6H5F3N2O3S/c7-6(8,9)14-4-2-1-3-5(11-4)15(10,12)13/h1-3H,(H2,10,12,13). The van der Waals surface area contributed by atoms with Crippen molar-refractivity contribution >= 4 is 10.0 Å². The number of hydrogen-bond acceptors (Lipinski definition) is 4. The fourth-order valence-electron chi connectivity index (χ4n) is 0.730. The van der Waals surface area contributed by atoms with Crippen LogP contribution in [-0.4, -0.2) is 19.8 Å². The smallest absolute Gasteiger partial charge is 0.388 e. The van der Waals surface area contributed by atoms with E-state index < -0.39 is 27.3 Å². The van der Waals surface area contributed by atoms with Gasteiger partial charge in [-0.05, 0) is 6.07 Å². The maximum Gasteiger partial charge on any atom is 0.574 e. The van der Waals surface area contributed by atoms with Crippen LogP contribution in [-0.2, 0) is 10.0 Å². The molecule has 0 saturated carbocycles. The number of alkyl halides is 3. The minimum Gasteiger partial charge on any atom is -0.388 e. The van der Waals surface area contributed by atoms with Crippen molar-refractivity contribution in [2.24, 2.45) is 5.14 Å². The zero-order valence-electron chi connectivity index (χ0n) is 7.02. The van der Waals surface area contributed by atoms with Gasteiger partial charge in [0.05, 0.1) is 0 Å². The Labute approximate surface area is 82.7 Å². The number of primary sulfonamides is 1. The Morgan fingerprint density at radius 2 is 1.93 bits per heavy atom. The molecule has 0 aliphatic carbocycles. The van der Waals surface area contributed by atoms with Crippen LogP contribution in [0.1, 0.15) is 0 Å². The van der Waals surface area contributed by atoms with E-state index in [1.807, 2.05) is 0 Å². The van der Waals surface area contributed by atoms with Crippen LogP contribution >= 0.6 is 0 Å². The molecule has 0 unspecified atom stereocenters. The molecule has 1 aromatic rings. The molecular formula is C6H5F3N2O3S. The van der Waals surface area contributed by atoms with E-state index >= 15 is 0 Å². The molecule has 1 heterocycles. The lowest BCUT2D eigenvalue weighted by molar-refractivity contribution is -0.276. The zero-order valence-corrected chi connectivity index (χ0v) is 7.84. The second-order valence-corrected chi connectivity index (χ2v) is 3.92. The number of hydrogen-bond donors (Lipinski definition) is 1. The van der Waals surface area contributed by atoms with Gasteiger partial charge in [-0.3, -0.25) is 0 Å². The molecule has 1 aromatic heterocycles. The Balaban J connectivity index is 3.04. The van der Waals surface area contributed by atoms with Crippen molar-refractivity contribution in [3.8, 4) is 5.88 Å². The highest BCUT2D eigenvalue weighted by atomic mass is 32.2. The van der Waals surface area contributed by atoms with E-state index in [1.165, 1.54) is 0 Å². The lowest BCUT2D eigenvalue weighted by Crippen LogP contribution is -2.19. The number of ether oxygens (including phenoxy) is 1. The van der Waals surface area contributed by atoms with E-state index in [-0.39, 0.29) is 0 Å². The highest BCUT2D eigenvalue weighted by molar-refractivity contribution is 7.89. The summed E-state index contributed by atoms with van der Waals surface area (Å²) in [6.45, 7) is 0. The first-order valence-corrected chi connectivity index (χ1v) is 4.99. The molecule has 0 aromatic carbocycles. The van der Waals surface area contributed by atoms with Gasteiger partial charge in [0.25, 0.3) is 10.0 Å². The van der Waals surface area contributed by atoms with Gasteiger partial charge in [0, 0.05) is 6.07 Å². The Hall–Kier alpha value is -1.35. The fraction of sp³-hybridized carbons (Fsp3) is 0.167. The van der Waals surface area contributed by atoms with Gasteiger partial charge >= 0.3 is 6.36 Å². The largest absolute Gasteiger partial charge is 0.574 e. The molecule has 0 aliphatic rings. The van der Waals surface area contributed by atoms with Crippen molar-refractivity contribution in [3.63, 3.8) is 0 Å². The summed E-state index contributed by atoms with van der Waals surface area (Å²) in [6, 6.07) is 2.86. The molecular weight excluding hydrogens is 237 g/mol. The van der Waals surface area contributed by atoms with Crippen molar-refractivity contribution < 1.29 is 26.3 Å². The second-order valence-electron chi connectivity index (χ2n) is 2.41. The van der Waals surface area contributed by atoms with Gasteiger partial charge in [0.1, 0.15) is 0 Å². The van der Waals surface area contributed by atoms with Gasteiger partial charge in [-0.15, -0.1) is 13.2 Å². The van der Waals surface area contributed by atoms with Gasteiger partial charge in [0.2, 0.25) is 5.88 Å². The number of nitrogens with two attached hydrogens (primary N) is 1. The van der Waals surface area contributed by atoms with Gasteiger partial charge in [-0.25, -0.2) is 18.5 Å². The molecule has 0 atom stereocenters. The number of halogens is 3. The molecule has 0 spiro atoms. The summed E-state index contributed by atoms with van der Waals surface area (Å²) in [6.07, 6.45) is -4.93. The van der Waals surface area contributed by atoms with Crippen molar-refractivity contribution in [2.45, 2.75) is 11.4 Å². The van der Waals surface area contributed by atoms with E-state index in [4.69, 9.17) is 0 Å². The highest BCUT2D eigenvalue weighted by Gasteiger charge is 2.32. The maximum atomic E-state index is 11.7. The fourth-order valence-corrected chi connectivity index (χ4v) is 1.22. The average molecular weight is 242 g/mol. The number of aromatic nitrogens is 1. The normalized spacial score (nSPS) is 12.5. The first-order chi connectivity index (χ1) is 6.68. The third-order valence-corrected chi connectivity index (χ3v) is 2.02. The monoisotopic (exact) mass is 242 g/mol. The molecule has 2 N–H and O–H groups in total. The zero-order chi connectivity index (χ0) is 11.7. The van der Waals surface area contributed by atoms with E-state index in [0.29, 0.717) is 0 Å². The summed E-state index contributed by atoms with van der Waals surface area (Å²) >= 11 is 0. The highest BCUT2D eigenvalue weighted by Crippen LogP contribution is 2.21. The van der Waals surface area contributed by atoms with E-state index in [1.54, 1.807) is 0 Å². The van der Waals surface area contributed by atoms with Gasteiger partial charge in [-0.2, -0.15) is 0 Å². The van der Waals surface area contributed by atoms with E-state index in [0.717, 1.165) is 18.2 Å². The Bertz CT molecular complexity index is 457. The molecule has 1 rings (SSSR count). The molecule has 15 heavy (non-hydrogen) atoms. The van der Waals surface area contributed by atoms with Gasteiger partial charge in [0.15, 0.2) is 5.03 Å². The predicted molar refractivity (Wildman–Crippen MR) is 42.3 cm³/mol. The number of pyridine rings is 1. The van der Waals surface area contributed by atoms with Crippen LogP contribution in [0.25, 0.3) is 0 Å². The van der Waals surface area contributed by atoms with Crippen molar-refractivity contribution in [2.75, 3.05) is 0 Å². The van der Waals surface area contributed by atoms with Crippen LogP contribution in [0.5, 0.6) is 5.88 Å². The summed E-state index contributed by atoms with van der Waals surface area (Å²) in [5.74, 6) is -0.881. The summed E-state index contributed by atoms with van der Waals surface area (Å²) in [4.78, 5) is 3.07. The molecule has 0 aliphatic heterocycles. The quantitative estimate of drug-likeness (QED) is 0.824. The van der Waals surface area contributed by atoms with Crippen LogP contribution in [0.3, 0.4) is 0 Å². The Kier molecular flexibility index (Phi) is 2.86. The minimum absolute atomic E-state index is 0.691. The second kappa shape index (κ2) is 3.66. The van der Waals surface area contributed by atoms with Crippen LogP contribution in [0.2, 0.25) is 0 Å². The lowest BCUT2D eigenvalue weighted by Gasteiger charge is -2.07. The van der Waals surface area contributed by atoms with E-state index in [9.17, 15) is 21.6 Å². The molecule has 0 radical (unpaired) electrons. The van der Waals surface area contributed by atoms with Crippen LogP contribution in [0.15, 0.2) is 23.2 Å². The first kappa shape index (κ1) is 11.7. The number of sulfonamides is 1. The topological polar surface area (TPSA) is 82.3 Å². The third kappa shape index (κ3) is 3.72. The van der Waals surface area contributed by atoms with Crippen LogP contribution < -0.4 is 9.88 Å². The Morgan fingerprint density at radius 3 is 2.40 bits per heavy atom. The summed E-state index contributed by atoms with van der Waals surface area (Å²) in [7, 11) is -4.14. The molecule has 84 valence electrons. The van der Waals surface area contributed by atoms with Crippen LogP contribution in [0.4, 0.5) is 13.2 Å². The minimum atomic E-state index is -4.93. The van der Waals surface area contributed by atoms with Crippen molar-refractivity contribution in [1.29, 1.82) is 0 Å². The number of rotatable bonds is 2. The summed E-state index contributed by atoms with van der Waals surface area (Å²) < 4.78 is 60.0. The average Bonchev–Trinajstić information content (AvgIpc) is 1.99. The van der Waals surface area contributed by atoms with Gasteiger partial charge in [-0.1, -0.05) is 6.07 Å². The molecule has 5 nitrogen and oxygen atoms in total. The predicted octanol–water partition coefficient (Wildman–Crippen LogP) is 0.628. The van der Waals surface area contributed by atoms with E-state index in [2.05, 4.69) is 14.9 Å². The molecule has 0 saturated heterocycles. The summed E-state index contributed by atoms with van der Waals surface area (Å²) in [5, 5.41) is 3.97. The maximum absolute atomic E-state index is 11.7. The molecule has 0 amide bonds. The van der Waals surface area contributed by atoms with Crippen molar-refractivity contribution in [1.82, 2.24) is 4.98 Å². The van der Waals surface area contributed by atoms with Gasteiger partial charge < -0.3 is 4.74 Å². The van der Waals surface area contributed by atoms with Crippen LogP contribution in [0, 0.1) is 0 Å².